The van der Waals surface area contributed by atoms with E-state index in [4.69, 9.17) is 0 Å². The minimum Gasteiger partial charge on any atom is -0.394 e. The standard InChI is InChI=1S/C24H29N3O3/c28-16-20(23(29)18-11-5-2-6-12-18)25-24(30)22-19-13-7-8-14-21(19)27(26-22)15-17-9-3-1-4-10-17/h2,5-8,11-14,17,20,23,28-29H,1,3-4,9-10,15-16H2,(H,25,30)/t20-,23-/m0/s1. The Bertz CT molecular complexity index is 980. The van der Waals surface area contributed by atoms with Crippen LogP contribution in [0.5, 0.6) is 0 Å². The Hall–Kier alpha value is -2.70. The van der Waals surface area contributed by atoms with Crippen molar-refractivity contribution in [3.8, 4) is 0 Å². The van der Waals surface area contributed by atoms with Gasteiger partial charge in [0.05, 0.1) is 18.2 Å². The van der Waals surface area contributed by atoms with Crippen LogP contribution in [0.1, 0.15) is 54.3 Å². The van der Waals surface area contributed by atoms with E-state index in [9.17, 15) is 15.0 Å². The average Bonchev–Trinajstić information content (AvgIpc) is 3.17. The maximum atomic E-state index is 13.1. The first-order valence-corrected chi connectivity index (χ1v) is 10.8. The lowest BCUT2D eigenvalue weighted by atomic mass is 9.89. The number of hydrogen-bond acceptors (Lipinski definition) is 4. The van der Waals surface area contributed by atoms with Gasteiger partial charge in [0, 0.05) is 11.9 Å². The molecule has 1 heterocycles. The van der Waals surface area contributed by atoms with Crippen LogP contribution in [0.3, 0.4) is 0 Å². The molecule has 1 fully saturated rings. The molecule has 1 aliphatic carbocycles. The monoisotopic (exact) mass is 407 g/mol. The van der Waals surface area contributed by atoms with Crippen LogP contribution in [-0.2, 0) is 6.54 Å². The molecule has 0 unspecified atom stereocenters. The largest absolute Gasteiger partial charge is 0.394 e. The number of nitrogens with zero attached hydrogens (tertiary/aromatic N) is 2. The van der Waals surface area contributed by atoms with Gasteiger partial charge in [0.1, 0.15) is 6.10 Å². The van der Waals surface area contributed by atoms with Gasteiger partial charge in [0.2, 0.25) is 0 Å². The smallest absolute Gasteiger partial charge is 0.272 e. The molecular weight excluding hydrogens is 378 g/mol. The number of aromatic nitrogens is 2. The summed E-state index contributed by atoms with van der Waals surface area (Å²) in [5.41, 5.74) is 1.92. The van der Waals surface area contributed by atoms with E-state index in [0.717, 1.165) is 17.4 Å². The van der Waals surface area contributed by atoms with Crippen molar-refractivity contribution < 1.29 is 15.0 Å². The third kappa shape index (κ3) is 4.40. The fourth-order valence-electron chi connectivity index (χ4n) is 4.39. The SMILES string of the molecule is O=C(N[C@@H](CO)[C@@H](O)c1ccccc1)c1nn(CC2CCCCC2)c2ccccc12. The number of aliphatic hydroxyl groups excluding tert-OH is 2. The van der Waals surface area contributed by atoms with E-state index in [2.05, 4.69) is 10.4 Å². The Morgan fingerprint density at radius 1 is 1.07 bits per heavy atom. The molecule has 0 spiro atoms. The van der Waals surface area contributed by atoms with Crippen molar-refractivity contribution in [1.29, 1.82) is 0 Å². The van der Waals surface area contributed by atoms with Gasteiger partial charge in [0.15, 0.2) is 5.69 Å². The topological polar surface area (TPSA) is 87.4 Å². The minimum atomic E-state index is -1.00. The van der Waals surface area contributed by atoms with Crippen molar-refractivity contribution in [2.45, 2.75) is 50.8 Å². The molecule has 1 saturated carbocycles. The van der Waals surface area contributed by atoms with Gasteiger partial charge in [-0.1, -0.05) is 67.8 Å². The number of nitrogens with one attached hydrogen (secondary N) is 1. The first-order valence-electron chi connectivity index (χ1n) is 10.8. The van der Waals surface area contributed by atoms with Crippen LogP contribution in [-0.4, -0.2) is 38.5 Å². The molecular formula is C24H29N3O3. The van der Waals surface area contributed by atoms with Crippen molar-refractivity contribution in [1.82, 2.24) is 15.1 Å². The molecule has 4 rings (SSSR count). The van der Waals surface area contributed by atoms with Gasteiger partial charge < -0.3 is 15.5 Å². The number of carbonyl (C=O) groups excluding carboxylic acids is 1. The Kier molecular flexibility index (Phi) is 6.45. The number of aliphatic hydroxyl groups is 2. The molecule has 0 radical (unpaired) electrons. The Morgan fingerprint density at radius 3 is 2.50 bits per heavy atom. The predicted molar refractivity (Wildman–Crippen MR) is 116 cm³/mol. The summed E-state index contributed by atoms with van der Waals surface area (Å²) in [6.07, 6.45) is 5.21. The molecule has 2 aromatic carbocycles. The number of hydrogen-bond donors (Lipinski definition) is 3. The van der Waals surface area contributed by atoms with E-state index in [0.29, 0.717) is 17.2 Å². The number of amides is 1. The molecule has 0 aliphatic heterocycles. The van der Waals surface area contributed by atoms with Crippen molar-refractivity contribution in [3.63, 3.8) is 0 Å². The van der Waals surface area contributed by atoms with E-state index in [1.54, 1.807) is 12.1 Å². The molecule has 1 amide bonds. The van der Waals surface area contributed by atoms with Crippen molar-refractivity contribution in [2.24, 2.45) is 5.92 Å². The fraction of sp³-hybridized carbons (Fsp3) is 0.417. The summed E-state index contributed by atoms with van der Waals surface area (Å²) in [7, 11) is 0. The zero-order chi connectivity index (χ0) is 20.9. The third-order valence-corrected chi connectivity index (χ3v) is 6.06. The molecule has 3 aromatic rings. The van der Waals surface area contributed by atoms with Crippen LogP contribution in [0, 0.1) is 5.92 Å². The number of carbonyl (C=O) groups is 1. The highest BCUT2D eigenvalue weighted by atomic mass is 16.3. The number of para-hydroxylation sites is 1. The van der Waals surface area contributed by atoms with Gasteiger partial charge in [-0.2, -0.15) is 5.10 Å². The normalized spacial score (nSPS) is 17.0. The molecule has 1 aromatic heterocycles. The Labute approximate surface area is 176 Å². The molecule has 30 heavy (non-hydrogen) atoms. The molecule has 6 heteroatoms. The van der Waals surface area contributed by atoms with Gasteiger partial charge in [-0.3, -0.25) is 9.48 Å². The van der Waals surface area contributed by atoms with Gasteiger partial charge in [-0.15, -0.1) is 0 Å². The summed E-state index contributed by atoms with van der Waals surface area (Å²) in [5, 5.41) is 28.6. The van der Waals surface area contributed by atoms with Gasteiger partial charge in [0.25, 0.3) is 5.91 Å². The van der Waals surface area contributed by atoms with Gasteiger partial charge in [-0.05, 0) is 30.4 Å². The summed E-state index contributed by atoms with van der Waals surface area (Å²) in [5.74, 6) is 0.200. The second kappa shape index (κ2) is 9.41. The maximum absolute atomic E-state index is 13.1. The van der Waals surface area contributed by atoms with Crippen molar-refractivity contribution >= 4 is 16.8 Å². The predicted octanol–water partition coefficient (Wildman–Crippen LogP) is 3.44. The summed E-state index contributed by atoms with van der Waals surface area (Å²) in [6, 6.07) is 16.0. The summed E-state index contributed by atoms with van der Waals surface area (Å²) < 4.78 is 1.95. The van der Waals surface area contributed by atoms with Crippen molar-refractivity contribution in [3.05, 3.63) is 65.9 Å². The Balaban J connectivity index is 1.56. The van der Waals surface area contributed by atoms with Crippen LogP contribution < -0.4 is 5.32 Å². The van der Waals surface area contributed by atoms with E-state index in [1.807, 2.05) is 47.1 Å². The molecule has 1 aliphatic rings. The van der Waals surface area contributed by atoms with Crippen LogP contribution in [0.25, 0.3) is 10.9 Å². The van der Waals surface area contributed by atoms with Crippen LogP contribution in [0.15, 0.2) is 54.6 Å². The number of fused-ring (bicyclic) bond motifs is 1. The van der Waals surface area contributed by atoms with Gasteiger partial charge in [-0.25, -0.2) is 0 Å². The number of rotatable bonds is 7. The van der Waals surface area contributed by atoms with Crippen LogP contribution in [0.4, 0.5) is 0 Å². The molecule has 0 saturated heterocycles. The van der Waals surface area contributed by atoms with Crippen LogP contribution in [0.2, 0.25) is 0 Å². The van der Waals surface area contributed by atoms with Crippen molar-refractivity contribution in [2.75, 3.05) is 6.61 Å². The molecule has 3 N–H and O–H groups in total. The maximum Gasteiger partial charge on any atom is 0.272 e. The summed E-state index contributed by atoms with van der Waals surface area (Å²) >= 11 is 0. The Morgan fingerprint density at radius 2 is 1.77 bits per heavy atom. The van der Waals surface area contributed by atoms with E-state index in [1.165, 1.54) is 32.1 Å². The summed E-state index contributed by atoms with van der Waals surface area (Å²) in [4.78, 5) is 13.1. The molecule has 2 atom stereocenters. The lowest BCUT2D eigenvalue weighted by Crippen LogP contribution is -2.42. The van der Waals surface area contributed by atoms with E-state index < -0.39 is 12.1 Å². The fourth-order valence-corrected chi connectivity index (χ4v) is 4.39. The van der Waals surface area contributed by atoms with Crippen LogP contribution >= 0.6 is 0 Å². The average molecular weight is 408 g/mol. The minimum absolute atomic E-state index is 0.333. The number of benzene rings is 2. The molecule has 6 nitrogen and oxygen atoms in total. The lowest BCUT2D eigenvalue weighted by Gasteiger charge is -2.22. The zero-order valence-electron chi connectivity index (χ0n) is 17.1. The zero-order valence-corrected chi connectivity index (χ0v) is 17.1. The van der Waals surface area contributed by atoms with Gasteiger partial charge >= 0.3 is 0 Å². The first kappa shape index (κ1) is 20.6. The highest BCUT2D eigenvalue weighted by Crippen LogP contribution is 2.27. The second-order valence-corrected chi connectivity index (χ2v) is 8.17. The third-order valence-electron chi connectivity index (χ3n) is 6.06. The second-order valence-electron chi connectivity index (χ2n) is 8.17. The first-order chi connectivity index (χ1) is 14.7. The summed E-state index contributed by atoms with van der Waals surface area (Å²) in [6.45, 7) is 0.437. The van der Waals surface area contributed by atoms with E-state index in [-0.39, 0.29) is 12.5 Å². The lowest BCUT2D eigenvalue weighted by molar-refractivity contribution is 0.0700. The quantitative estimate of drug-likeness (QED) is 0.560. The molecule has 0 bridgehead atoms. The highest BCUT2D eigenvalue weighted by Gasteiger charge is 2.26. The van der Waals surface area contributed by atoms with E-state index >= 15 is 0 Å². The molecule has 158 valence electrons. The highest BCUT2D eigenvalue weighted by molar-refractivity contribution is 6.05.